The Bertz CT molecular complexity index is 1080. The fourth-order valence-electron chi connectivity index (χ4n) is 3.95. The molecule has 0 aliphatic carbocycles. The van der Waals surface area contributed by atoms with E-state index in [4.69, 9.17) is 28.4 Å². The van der Waals surface area contributed by atoms with Crippen LogP contribution < -0.4 is 30.1 Å². The Morgan fingerprint density at radius 1 is 0.568 bits per heavy atom. The van der Waals surface area contributed by atoms with E-state index in [1.54, 1.807) is 0 Å². The van der Waals surface area contributed by atoms with E-state index in [0.717, 1.165) is 0 Å². The number of hydrogen-bond donors (Lipinski definition) is 0. The van der Waals surface area contributed by atoms with Crippen LogP contribution in [0.15, 0.2) is 72.8 Å². The number of benzene rings is 3. The zero-order chi connectivity index (χ0) is 23.7. The summed E-state index contributed by atoms with van der Waals surface area (Å²) in [6.07, 6.45) is 0.224. The smallest absolute Gasteiger partial charge is 0.181 e. The van der Waals surface area contributed by atoms with E-state index in [1.165, 1.54) is 0 Å². The van der Waals surface area contributed by atoms with Gasteiger partial charge in [-0.05, 0) is 36.4 Å². The normalized spacial score (nSPS) is 22.4. The molecule has 3 fully saturated rings. The van der Waals surface area contributed by atoms with Crippen LogP contribution in [-0.4, -0.2) is 58.0 Å². The van der Waals surface area contributed by atoms with Crippen LogP contribution in [0.4, 0.5) is 0 Å². The lowest BCUT2D eigenvalue weighted by atomic mass is 10.3. The largest absolute Gasteiger partial charge is 0.490 e. The Kier molecular flexibility index (Phi) is 8.60. The van der Waals surface area contributed by atoms with Gasteiger partial charge in [0.25, 0.3) is 0 Å². The van der Waals surface area contributed by atoms with Gasteiger partial charge in [-0.2, -0.15) is 0 Å². The average molecular weight is 527 g/mol. The topological polar surface area (TPSA) is 82.4 Å². The lowest BCUT2D eigenvalue weighted by molar-refractivity contribution is 0.263. The summed E-state index contributed by atoms with van der Waals surface area (Å²) in [5.41, 5.74) is 0. The monoisotopic (exact) mass is 526 g/mol. The van der Waals surface area contributed by atoms with Gasteiger partial charge in [-0.1, -0.05) is 51.3 Å². The minimum atomic E-state index is -3.51. The van der Waals surface area contributed by atoms with Gasteiger partial charge in [-0.15, -0.1) is 0 Å². The molecule has 3 aromatic rings. The first-order chi connectivity index (χ1) is 17.2. The first kappa shape index (κ1) is 27.2. The van der Waals surface area contributed by atoms with E-state index in [1.807, 2.05) is 72.8 Å². The van der Waals surface area contributed by atoms with E-state index >= 15 is 4.57 Å². The fourth-order valence-corrected chi connectivity index (χ4v) is 6.96. The van der Waals surface area contributed by atoms with E-state index < -0.39 is 7.14 Å². The van der Waals surface area contributed by atoms with Gasteiger partial charge in [0.1, 0.15) is 55.4 Å². The minimum absolute atomic E-state index is 0. The standard InChI is InChI=1S/C27H27O7P.2CH4/c28-35(25-10-4-1-7-22(25)32-16-19-13-29-19,26-11-5-2-8-23(26)33-17-20-14-30-20)27-12-6-3-9-24(27)34-18-21-15-31-21;;/h1-12,19-21H,13-18H2;2*1H4. The molecule has 3 atom stereocenters. The molecule has 0 amide bonds. The molecule has 0 saturated carbocycles. The highest BCUT2D eigenvalue weighted by Gasteiger charge is 2.39. The molecule has 3 aliphatic rings. The first-order valence-electron chi connectivity index (χ1n) is 11.8. The van der Waals surface area contributed by atoms with Crippen molar-refractivity contribution in [2.75, 3.05) is 39.6 Å². The predicted molar refractivity (Wildman–Crippen MR) is 145 cm³/mol. The molecule has 0 N–H and O–H groups in total. The summed E-state index contributed by atoms with van der Waals surface area (Å²) in [6, 6.07) is 22.5. The maximum Gasteiger partial charge on any atom is 0.181 e. The molecule has 0 aromatic heterocycles. The van der Waals surface area contributed by atoms with Crippen molar-refractivity contribution in [1.82, 2.24) is 0 Å². The van der Waals surface area contributed by atoms with Crippen LogP contribution in [0, 0.1) is 0 Å². The van der Waals surface area contributed by atoms with Gasteiger partial charge in [0, 0.05) is 0 Å². The quantitative estimate of drug-likeness (QED) is 0.261. The van der Waals surface area contributed by atoms with Crippen LogP contribution in [0.5, 0.6) is 17.2 Å². The van der Waals surface area contributed by atoms with Gasteiger partial charge in [0.2, 0.25) is 0 Å². The molecule has 3 unspecified atom stereocenters. The summed E-state index contributed by atoms with van der Waals surface area (Å²) in [4.78, 5) is 0. The zero-order valence-corrected chi connectivity index (χ0v) is 20.1. The summed E-state index contributed by atoms with van der Waals surface area (Å²) in [7, 11) is -3.51. The first-order valence-corrected chi connectivity index (χ1v) is 13.5. The summed E-state index contributed by atoms with van der Waals surface area (Å²) < 4.78 is 49.9. The van der Waals surface area contributed by atoms with Gasteiger partial charge in [0.05, 0.1) is 35.7 Å². The molecule has 8 heteroatoms. The molecule has 3 aliphatic heterocycles. The second-order valence-electron chi connectivity index (χ2n) is 8.81. The fraction of sp³-hybridized carbons (Fsp3) is 0.379. The highest BCUT2D eigenvalue weighted by Crippen LogP contribution is 2.49. The Labute approximate surface area is 219 Å². The Morgan fingerprint density at radius 3 is 1.11 bits per heavy atom. The SMILES string of the molecule is C.C.O=P(c1ccccc1OCC1CO1)(c1ccccc1OCC1CO1)c1ccccc1OCC1CO1. The van der Waals surface area contributed by atoms with Crippen molar-refractivity contribution >= 4 is 23.1 Å². The van der Waals surface area contributed by atoms with E-state index in [0.29, 0.717) is 72.8 Å². The maximum atomic E-state index is 15.5. The van der Waals surface area contributed by atoms with Crippen molar-refractivity contribution in [3.05, 3.63) is 72.8 Å². The number of hydrogen-bond acceptors (Lipinski definition) is 7. The molecule has 0 spiro atoms. The third-order valence-corrected chi connectivity index (χ3v) is 9.24. The molecule has 198 valence electrons. The third kappa shape index (κ3) is 6.19. The molecule has 7 nitrogen and oxygen atoms in total. The second kappa shape index (κ2) is 11.7. The number of rotatable bonds is 12. The van der Waals surface area contributed by atoms with Crippen molar-refractivity contribution in [3.8, 4) is 17.2 Å². The summed E-state index contributed by atoms with van der Waals surface area (Å²) in [5.74, 6) is 1.69. The van der Waals surface area contributed by atoms with Gasteiger partial charge in [0.15, 0.2) is 7.14 Å². The summed E-state index contributed by atoms with van der Waals surface area (Å²) in [5, 5.41) is 1.79. The van der Waals surface area contributed by atoms with Crippen LogP contribution in [0.3, 0.4) is 0 Å². The van der Waals surface area contributed by atoms with Gasteiger partial charge in [-0.3, -0.25) is 0 Å². The number of epoxide rings is 3. The third-order valence-electron chi connectivity index (χ3n) is 6.09. The number of para-hydroxylation sites is 3. The van der Waals surface area contributed by atoms with Gasteiger partial charge >= 0.3 is 0 Å². The van der Waals surface area contributed by atoms with Gasteiger partial charge < -0.3 is 33.0 Å². The van der Waals surface area contributed by atoms with Crippen LogP contribution in [0.25, 0.3) is 0 Å². The van der Waals surface area contributed by atoms with E-state index in [9.17, 15) is 0 Å². The molecule has 3 saturated heterocycles. The van der Waals surface area contributed by atoms with Crippen LogP contribution in [0.1, 0.15) is 14.9 Å². The van der Waals surface area contributed by atoms with E-state index in [-0.39, 0.29) is 33.2 Å². The van der Waals surface area contributed by atoms with Crippen LogP contribution in [-0.2, 0) is 18.8 Å². The molecule has 3 heterocycles. The van der Waals surface area contributed by atoms with Crippen molar-refractivity contribution in [2.45, 2.75) is 33.2 Å². The molecular formula is C29H35O7P. The predicted octanol–water partition coefficient (Wildman–Crippen LogP) is 3.93. The molecule has 37 heavy (non-hydrogen) atoms. The van der Waals surface area contributed by atoms with Crippen LogP contribution in [0.2, 0.25) is 0 Å². The summed E-state index contributed by atoms with van der Waals surface area (Å²) in [6.45, 7) is 3.26. The number of ether oxygens (including phenoxy) is 6. The highest BCUT2D eigenvalue weighted by molar-refractivity contribution is 7.85. The van der Waals surface area contributed by atoms with Crippen molar-refractivity contribution < 1.29 is 33.0 Å². The molecule has 6 rings (SSSR count). The van der Waals surface area contributed by atoms with Crippen LogP contribution >= 0.6 is 7.14 Å². The molecule has 0 bridgehead atoms. The Balaban J connectivity index is 0.00000160. The average Bonchev–Trinajstić information content (AvgIpc) is 3.76. The van der Waals surface area contributed by atoms with Crippen molar-refractivity contribution in [3.63, 3.8) is 0 Å². The van der Waals surface area contributed by atoms with Gasteiger partial charge in [-0.25, -0.2) is 0 Å². The second-order valence-corrected chi connectivity index (χ2v) is 11.5. The zero-order valence-electron chi connectivity index (χ0n) is 19.2. The van der Waals surface area contributed by atoms with Crippen molar-refractivity contribution in [2.24, 2.45) is 0 Å². The Morgan fingerprint density at radius 2 is 0.838 bits per heavy atom. The highest BCUT2D eigenvalue weighted by atomic mass is 31.2. The lowest BCUT2D eigenvalue weighted by Crippen LogP contribution is -2.29. The summed E-state index contributed by atoms with van der Waals surface area (Å²) >= 11 is 0. The lowest BCUT2D eigenvalue weighted by Gasteiger charge is -2.26. The molecular weight excluding hydrogens is 491 g/mol. The van der Waals surface area contributed by atoms with Crippen molar-refractivity contribution in [1.29, 1.82) is 0 Å². The van der Waals surface area contributed by atoms with E-state index in [2.05, 4.69) is 0 Å². The maximum absolute atomic E-state index is 15.5. The Hall–Kier alpha value is -2.83. The minimum Gasteiger partial charge on any atom is -0.490 e. The molecule has 0 radical (unpaired) electrons. The molecule has 3 aromatic carbocycles.